The zero-order valence-electron chi connectivity index (χ0n) is 50.2. The Bertz CT molecular complexity index is 1560. The number of quaternary nitrogens is 1. The zero-order valence-corrected chi connectivity index (χ0v) is 51.1. The molecule has 2 aliphatic rings. The molecule has 0 aromatic rings. The van der Waals surface area contributed by atoms with Gasteiger partial charge < -0.3 is 78.4 Å². The second-order valence-corrected chi connectivity index (χ2v) is 25.8. The number of allylic oxidation sites excluding steroid dienone is 1. The highest BCUT2D eigenvalue weighted by atomic mass is 31.2. The molecule has 13 atom stereocenters. The molecule has 0 saturated carbocycles. The van der Waals surface area contributed by atoms with Gasteiger partial charge in [0.05, 0.1) is 53.1 Å². The molecule has 0 aliphatic carbocycles. The second-order valence-electron chi connectivity index (χ2n) is 24.4. The summed E-state index contributed by atoms with van der Waals surface area (Å²) in [5.41, 5.74) is 0. The number of unbranched alkanes of at least 4 members (excludes halogenated alkanes) is 29. The van der Waals surface area contributed by atoms with Crippen LogP contribution in [0.5, 0.6) is 0 Å². The van der Waals surface area contributed by atoms with Crippen LogP contribution < -0.4 is 10.2 Å². The minimum absolute atomic E-state index is 0.174. The van der Waals surface area contributed by atoms with Crippen LogP contribution in [0, 0.1) is 5.92 Å². The number of ether oxygens (including phenoxy) is 4. The average Bonchev–Trinajstić information content (AvgIpc) is 3.41. The van der Waals surface area contributed by atoms with Crippen LogP contribution in [-0.4, -0.2) is 174 Å². The van der Waals surface area contributed by atoms with Gasteiger partial charge in [0.1, 0.15) is 62.0 Å². The van der Waals surface area contributed by atoms with Gasteiger partial charge in [-0.3, -0.25) is 9.36 Å². The van der Waals surface area contributed by atoms with Crippen LogP contribution in [-0.2, 0) is 37.4 Å². The van der Waals surface area contributed by atoms with Gasteiger partial charge in [0.25, 0.3) is 7.82 Å². The van der Waals surface area contributed by atoms with Crippen molar-refractivity contribution in [2.75, 3.05) is 54.1 Å². The number of likely N-dealkylation sites (N-methyl/N-ethyl adjacent to an activating group) is 1. The number of amides is 1. The topological polar surface area (TPSA) is 266 Å². The molecule has 0 bridgehead atoms. The van der Waals surface area contributed by atoms with Crippen molar-refractivity contribution >= 4 is 13.7 Å². The number of hydrogen-bond donors (Lipinski definition) is 8. The highest BCUT2D eigenvalue weighted by Gasteiger charge is 2.48. The third-order valence-electron chi connectivity index (χ3n) is 15.4. The standard InChI is InChI=1S/C60H117N2O16P/c1-7-8-9-10-11-12-13-14-15-16-17-18-19-20-21-22-26-29-32-35-38-41-52(64)61-48(49(63)40-37-34-31-28-25-23-24-27-30-33-36-39-47(2)3)44-73-59-57(69)55(67)53(65)50(77-59)45-74-60-58(70)56(68)54(66)51(78-60)46-76-79(71,72)75-43-42-62(4,5)6/h37,40,47-51,53-60,63,65-70H,7-36,38-39,41-46H2,1-6H3,(H-,61,64,71,72)/b40-37+/t48-,49+,50+,51+,53-,54-,55-,56-,57+,58+,59+,60+/m0/s1. The Kier molecular flexibility index (Phi) is 41.5. The molecule has 468 valence electrons. The molecule has 0 radical (unpaired) electrons. The van der Waals surface area contributed by atoms with E-state index in [0.29, 0.717) is 17.4 Å². The highest BCUT2D eigenvalue weighted by Crippen LogP contribution is 2.39. The van der Waals surface area contributed by atoms with Crippen LogP contribution in [0.4, 0.5) is 0 Å². The third-order valence-corrected chi connectivity index (χ3v) is 16.3. The van der Waals surface area contributed by atoms with E-state index in [4.69, 9.17) is 28.0 Å². The fourth-order valence-corrected chi connectivity index (χ4v) is 10.8. The van der Waals surface area contributed by atoms with Gasteiger partial charge in [0.15, 0.2) is 12.6 Å². The number of nitrogens with one attached hydrogen (secondary N) is 1. The average molecular weight is 1150 g/mol. The van der Waals surface area contributed by atoms with Crippen LogP contribution >= 0.6 is 7.82 Å². The number of aliphatic hydroxyl groups excluding tert-OH is 7. The van der Waals surface area contributed by atoms with Crippen LogP contribution in [0.15, 0.2) is 12.2 Å². The molecule has 8 N–H and O–H groups in total. The van der Waals surface area contributed by atoms with Gasteiger partial charge in [-0.25, -0.2) is 0 Å². The fourth-order valence-electron chi connectivity index (χ4n) is 10.0. The van der Waals surface area contributed by atoms with Crippen LogP contribution in [0.3, 0.4) is 0 Å². The van der Waals surface area contributed by atoms with Crippen molar-refractivity contribution in [1.82, 2.24) is 5.32 Å². The predicted octanol–water partition coefficient (Wildman–Crippen LogP) is 8.79. The number of hydrogen-bond acceptors (Lipinski definition) is 16. The largest absolute Gasteiger partial charge is 0.756 e. The van der Waals surface area contributed by atoms with E-state index in [2.05, 4.69) is 26.1 Å². The monoisotopic (exact) mass is 1150 g/mol. The minimum Gasteiger partial charge on any atom is -0.756 e. The number of nitrogens with zero attached hydrogens (tertiary/aromatic N) is 1. The number of aliphatic hydroxyl groups is 7. The number of phosphoric ester groups is 1. The molecule has 2 aliphatic heterocycles. The maximum atomic E-state index is 13.3. The van der Waals surface area contributed by atoms with Crippen LogP contribution in [0.1, 0.15) is 233 Å². The van der Waals surface area contributed by atoms with E-state index in [1.807, 2.05) is 27.2 Å². The number of phosphoric acid groups is 1. The van der Waals surface area contributed by atoms with E-state index < -0.39 is 94.6 Å². The molecule has 1 amide bonds. The second kappa shape index (κ2) is 44.3. The number of rotatable bonds is 50. The van der Waals surface area contributed by atoms with E-state index >= 15 is 0 Å². The SMILES string of the molecule is CCCCCCCCCCCCCCCCCCCCCCCC(=O)N[C@@H](CO[C@@H]1O[C@H](CO[C@@H]2O[C@H](COP(=O)([O-])OCC[N+](C)(C)C)[C@H](O)[C@H](O)[C@H]2O)[C@H](O)[C@H](O)[C@H]1O)[C@H](O)/C=C/CCCCCCCCCCCC(C)C. The van der Waals surface area contributed by atoms with Gasteiger partial charge in [-0.05, 0) is 25.2 Å². The Morgan fingerprint density at radius 2 is 1.00 bits per heavy atom. The molecule has 0 aromatic heterocycles. The Morgan fingerprint density at radius 3 is 1.46 bits per heavy atom. The summed E-state index contributed by atoms with van der Waals surface area (Å²) in [6, 6.07) is -0.959. The highest BCUT2D eigenvalue weighted by molar-refractivity contribution is 7.45. The summed E-state index contributed by atoms with van der Waals surface area (Å²) in [6.07, 6.45) is 25.1. The lowest BCUT2D eigenvalue weighted by atomic mass is 9.98. The summed E-state index contributed by atoms with van der Waals surface area (Å²) < 4.78 is 45.6. The smallest absolute Gasteiger partial charge is 0.268 e. The van der Waals surface area contributed by atoms with Crippen molar-refractivity contribution in [3.63, 3.8) is 0 Å². The summed E-state index contributed by atoms with van der Waals surface area (Å²) in [4.78, 5) is 25.7. The lowest BCUT2D eigenvalue weighted by molar-refractivity contribution is -0.870. The van der Waals surface area contributed by atoms with Gasteiger partial charge in [0.2, 0.25) is 5.91 Å². The van der Waals surface area contributed by atoms with Gasteiger partial charge >= 0.3 is 0 Å². The Morgan fingerprint density at radius 1 is 0.582 bits per heavy atom. The first-order valence-electron chi connectivity index (χ1n) is 31.4. The third kappa shape index (κ3) is 35.7. The molecule has 0 spiro atoms. The lowest BCUT2D eigenvalue weighted by Crippen LogP contribution is -2.62. The van der Waals surface area contributed by atoms with Gasteiger partial charge in [-0.1, -0.05) is 219 Å². The van der Waals surface area contributed by atoms with E-state index in [9.17, 15) is 50.0 Å². The van der Waals surface area contributed by atoms with Crippen LogP contribution in [0.2, 0.25) is 0 Å². The van der Waals surface area contributed by atoms with Gasteiger partial charge in [-0.2, -0.15) is 0 Å². The first-order valence-corrected chi connectivity index (χ1v) is 32.9. The maximum Gasteiger partial charge on any atom is 0.268 e. The van der Waals surface area contributed by atoms with Crippen LogP contribution in [0.25, 0.3) is 0 Å². The van der Waals surface area contributed by atoms with Gasteiger partial charge in [-0.15, -0.1) is 0 Å². The zero-order chi connectivity index (χ0) is 58.3. The Balaban J connectivity index is 1.87. The summed E-state index contributed by atoms with van der Waals surface area (Å²) in [6.45, 7) is 5.24. The molecular weight excluding hydrogens is 1040 g/mol. The van der Waals surface area contributed by atoms with Crippen molar-refractivity contribution in [1.29, 1.82) is 0 Å². The summed E-state index contributed by atoms with van der Waals surface area (Å²) in [5, 5.41) is 78.9. The summed E-state index contributed by atoms with van der Waals surface area (Å²) in [5.74, 6) is 0.500. The molecular formula is C60H117N2O16P. The summed E-state index contributed by atoms with van der Waals surface area (Å²) >= 11 is 0. The molecule has 0 aromatic carbocycles. The molecule has 1 unspecified atom stereocenters. The van der Waals surface area contributed by atoms with E-state index in [0.717, 1.165) is 50.9 Å². The lowest BCUT2D eigenvalue weighted by Gasteiger charge is -2.43. The quantitative estimate of drug-likeness (QED) is 0.0122. The maximum absolute atomic E-state index is 13.3. The Labute approximate surface area is 478 Å². The van der Waals surface area contributed by atoms with Crippen molar-refractivity contribution in [3.05, 3.63) is 12.2 Å². The van der Waals surface area contributed by atoms with Gasteiger partial charge in [0, 0.05) is 6.42 Å². The Hall–Kier alpha value is -1.16. The van der Waals surface area contributed by atoms with Crippen molar-refractivity contribution in [3.8, 4) is 0 Å². The molecule has 2 fully saturated rings. The van der Waals surface area contributed by atoms with E-state index in [1.165, 1.54) is 154 Å². The number of carbonyl (C=O) groups excluding carboxylic acids is 1. The minimum atomic E-state index is -4.86. The fraction of sp³-hybridized carbons (Fsp3) is 0.950. The first kappa shape index (κ1) is 73.9. The van der Waals surface area contributed by atoms with E-state index in [-0.39, 0.29) is 25.5 Å². The van der Waals surface area contributed by atoms with Crippen molar-refractivity contribution < 1.29 is 82.5 Å². The molecule has 79 heavy (non-hydrogen) atoms. The molecule has 2 heterocycles. The normalized spacial score (nSPS) is 25.5. The first-order chi connectivity index (χ1) is 37.8. The molecule has 2 saturated heterocycles. The molecule has 19 heteroatoms. The van der Waals surface area contributed by atoms with Crippen molar-refractivity contribution in [2.45, 2.75) is 306 Å². The number of carbonyl (C=O) groups is 1. The summed E-state index contributed by atoms with van der Waals surface area (Å²) in [7, 11) is 0.683. The van der Waals surface area contributed by atoms with E-state index in [1.54, 1.807) is 6.08 Å². The molecule has 2 rings (SSSR count). The van der Waals surface area contributed by atoms with Crippen molar-refractivity contribution in [2.24, 2.45) is 5.92 Å². The molecule has 18 nitrogen and oxygen atoms in total. The predicted molar refractivity (Wildman–Crippen MR) is 308 cm³/mol.